The number of carbonyl (C=O) groups is 2. The van der Waals surface area contributed by atoms with E-state index in [0.29, 0.717) is 6.42 Å². The largest absolute Gasteiger partial charge is 0.416 e. The van der Waals surface area contributed by atoms with E-state index in [9.17, 15) is 22.8 Å². The van der Waals surface area contributed by atoms with E-state index in [1.807, 2.05) is 60.8 Å². The predicted octanol–water partition coefficient (Wildman–Crippen LogP) is 5.50. The number of rotatable bonds is 5. The Morgan fingerprint density at radius 3 is 2.40 bits per heavy atom. The SMILES string of the molecule is Cl.NC1C(Cc2c[nH]c3ccccc23)N(C(=O)c2cccc(C(F)(F)F)c2)CCN1C(=O)C=Cc1ccccc1. The van der Waals surface area contributed by atoms with Crippen LogP contribution in [0.3, 0.4) is 0 Å². The minimum Gasteiger partial charge on any atom is -0.361 e. The molecule has 2 unspecified atom stereocenters. The Hall–Kier alpha value is -4.08. The van der Waals surface area contributed by atoms with Gasteiger partial charge in [-0.25, -0.2) is 0 Å². The number of amides is 2. The van der Waals surface area contributed by atoms with E-state index in [1.165, 1.54) is 28.0 Å². The van der Waals surface area contributed by atoms with Gasteiger partial charge in [0.25, 0.3) is 5.91 Å². The van der Waals surface area contributed by atoms with Crippen LogP contribution in [0.25, 0.3) is 17.0 Å². The number of halogens is 4. The molecule has 2 amide bonds. The van der Waals surface area contributed by atoms with Crippen LogP contribution in [-0.4, -0.2) is 51.9 Å². The van der Waals surface area contributed by atoms with Gasteiger partial charge in [-0.15, -0.1) is 12.4 Å². The van der Waals surface area contributed by atoms with E-state index in [4.69, 9.17) is 5.73 Å². The zero-order chi connectivity index (χ0) is 27.6. The number of aromatic amines is 1. The van der Waals surface area contributed by atoms with Crippen molar-refractivity contribution in [1.29, 1.82) is 0 Å². The van der Waals surface area contributed by atoms with Gasteiger partial charge in [0.2, 0.25) is 5.91 Å². The summed E-state index contributed by atoms with van der Waals surface area (Å²) in [5.74, 6) is -0.866. The van der Waals surface area contributed by atoms with Crippen molar-refractivity contribution in [3.05, 3.63) is 113 Å². The van der Waals surface area contributed by atoms with Gasteiger partial charge in [0.1, 0.15) is 6.17 Å². The Bertz CT molecular complexity index is 1520. The number of nitrogens with one attached hydrogen (secondary N) is 1. The number of hydrogen-bond acceptors (Lipinski definition) is 3. The van der Waals surface area contributed by atoms with Gasteiger partial charge in [0.15, 0.2) is 0 Å². The molecular weight excluding hydrogens is 541 g/mol. The molecule has 40 heavy (non-hydrogen) atoms. The number of H-pyrrole nitrogens is 1. The second-order valence-electron chi connectivity index (χ2n) is 9.47. The zero-order valence-corrected chi connectivity index (χ0v) is 22.2. The standard InChI is InChI=1S/C30H27F3N4O2.ClH/c31-30(32,33)23-10-6-9-21(17-23)29(39)36-15-16-37(27(38)14-13-20-7-2-1-3-8-20)28(34)26(36)18-22-19-35-25-12-5-4-11-24(22)25;/h1-14,17,19,26,28,35H,15-16,18,34H2;1H. The van der Waals surface area contributed by atoms with Crippen LogP contribution < -0.4 is 5.73 Å². The van der Waals surface area contributed by atoms with Crippen LogP contribution in [0, 0.1) is 0 Å². The molecule has 0 radical (unpaired) electrons. The maximum Gasteiger partial charge on any atom is 0.416 e. The molecule has 0 spiro atoms. The summed E-state index contributed by atoms with van der Waals surface area (Å²) in [6.45, 7) is 0.273. The van der Waals surface area contributed by atoms with Crippen molar-refractivity contribution in [2.24, 2.45) is 5.73 Å². The first-order valence-corrected chi connectivity index (χ1v) is 12.5. The molecular formula is C30H28ClF3N4O2. The van der Waals surface area contributed by atoms with Gasteiger partial charge in [-0.1, -0.05) is 54.6 Å². The molecule has 2 heterocycles. The molecule has 0 aliphatic carbocycles. The number of nitrogens with zero attached hydrogens (tertiary/aromatic N) is 2. The number of piperazine rings is 1. The number of aromatic nitrogens is 1. The normalized spacial score (nSPS) is 17.7. The molecule has 0 bridgehead atoms. The maximum absolute atomic E-state index is 13.6. The fraction of sp³-hybridized carbons (Fsp3) is 0.200. The van der Waals surface area contributed by atoms with E-state index in [1.54, 1.807) is 6.08 Å². The van der Waals surface area contributed by atoms with E-state index in [0.717, 1.165) is 34.2 Å². The first-order valence-electron chi connectivity index (χ1n) is 12.5. The summed E-state index contributed by atoms with van der Waals surface area (Å²) in [5, 5.41) is 0.948. The lowest BCUT2D eigenvalue weighted by Gasteiger charge is -2.46. The van der Waals surface area contributed by atoms with Gasteiger partial charge in [-0.2, -0.15) is 13.2 Å². The quantitative estimate of drug-likeness (QED) is 0.312. The smallest absolute Gasteiger partial charge is 0.361 e. The number of hydrogen-bond donors (Lipinski definition) is 2. The fourth-order valence-electron chi connectivity index (χ4n) is 5.01. The van der Waals surface area contributed by atoms with Crippen LogP contribution in [0.15, 0.2) is 91.1 Å². The Balaban J connectivity index is 0.00000370. The van der Waals surface area contributed by atoms with E-state index < -0.39 is 29.9 Å². The Labute approximate surface area is 235 Å². The van der Waals surface area contributed by atoms with Crippen molar-refractivity contribution in [1.82, 2.24) is 14.8 Å². The number of fused-ring (bicyclic) bond motifs is 1. The number of carbonyl (C=O) groups excluding carboxylic acids is 2. The van der Waals surface area contributed by atoms with Gasteiger partial charge in [0.05, 0.1) is 11.6 Å². The second-order valence-corrected chi connectivity index (χ2v) is 9.47. The highest BCUT2D eigenvalue weighted by molar-refractivity contribution is 5.96. The van der Waals surface area contributed by atoms with Crippen LogP contribution in [0.5, 0.6) is 0 Å². The Kier molecular flexibility index (Phi) is 8.66. The summed E-state index contributed by atoms with van der Waals surface area (Å²) >= 11 is 0. The van der Waals surface area contributed by atoms with Crippen LogP contribution in [-0.2, 0) is 17.4 Å². The van der Waals surface area contributed by atoms with Gasteiger partial charge >= 0.3 is 6.18 Å². The third-order valence-electron chi connectivity index (χ3n) is 7.04. The molecule has 3 aromatic carbocycles. The van der Waals surface area contributed by atoms with Crippen molar-refractivity contribution >= 4 is 41.2 Å². The van der Waals surface area contributed by atoms with E-state index in [-0.39, 0.29) is 37.0 Å². The highest BCUT2D eigenvalue weighted by Gasteiger charge is 2.39. The number of nitrogens with two attached hydrogens (primary N) is 1. The number of alkyl halides is 3. The first-order chi connectivity index (χ1) is 18.7. The summed E-state index contributed by atoms with van der Waals surface area (Å²) in [7, 11) is 0. The predicted molar refractivity (Wildman–Crippen MR) is 151 cm³/mol. The summed E-state index contributed by atoms with van der Waals surface area (Å²) in [4.78, 5) is 33.0. The third-order valence-corrected chi connectivity index (χ3v) is 7.04. The van der Waals surface area contributed by atoms with Crippen LogP contribution >= 0.6 is 12.4 Å². The van der Waals surface area contributed by atoms with Gasteiger partial charge in [-0.05, 0) is 47.9 Å². The monoisotopic (exact) mass is 568 g/mol. The van der Waals surface area contributed by atoms with Gasteiger partial charge in [-0.3, -0.25) is 9.59 Å². The van der Waals surface area contributed by atoms with Crippen molar-refractivity contribution in [3.63, 3.8) is 0 Å². The number of para-hydroxylation sites is 1. The molecule has 1 fully saturated rings. The summed E-state index contributed by atoms with van der Waals surface area (Å²) in [5.41, 5.74) is 8.32. The fourth-order valence-corrected chi connectivity index (χ4v) is 5.01. The zero-order valence-electron chi connectivity index (χ0n) is 21.3. The molecule has 6 nitrogen and oxygen atoms in total. The molecule has 1 aliphatic heterocycles. The summed E-state index contributed by atoms with van der Waals surface area (Å²) in [6.07, 6.45) is -0.170. The maximum atomic E-state index is 13.6. The molecule has 10 heteroatoms. The van der Waals surface area contributed by atoms with Crippen molar-refractivity contribution < 1.29 is 22.8 Å². The highest BCUT2D eigenvalue weighted by atomic mass is 35.5. The molecule has 1 saturated heterocycles. The molecule has 208 valence electrons. The van der Waals surface area contributed by atoms with Crippen LogP contribution in [0.1, 0.15) is 27.0 Å². The first kappa shape index (κ1) is 28.9. The van der Waals surface area contributed by atoms with E-state index >= 15 is 0 Å². The van der Waals surface area contributed by atoms with Crippen LogP contribution in [0.4, 0.5) is 13.2 Å². The molecule has 1 aromatic heterocycles. The summed E-state index contributed by atoms with van der Waals surface area (Å²) < 4.78 is 40.0. The van der Waals surface area contributed by atoms with Crippen molar-refractivity contribution in [2.75, 3.05) is 13.1 Å². The molecule has 0 saturated carbocycles. The average Bonchev–Trinajstić information content (AvgIpc) is 3.35. The van der Waals surface area contributed by atoms with Crippen LogP contribution in [0.2, 0.25) is 0 Å². The minimum absolute atomic E-state index is 0. The lowest BCUT2D eigenvalue weighted by atomic mass is 9.97. The van der Waals surface area contributed by atoms with Gasteiger partial charge in [0, 0.05) is 41.8 Å². The van der Waals surface area contributed by atoms with Crippen molar-refractivity contribution in [2.45, 2.75) is 24.8 Å². The topological polar surface area (TPSA) is 82.4 Å². The molecule has 4 aromatic rings. The number of benzene rings is 3. The van der Waals surface area contributed by atoms with E-state index in [2.05, 4.69) is 4.98 Å². The minimum atomic E-state index is -4.58. The average molecular weight is 569 g/mol. The molecule has 5 rings (SSSR count). The summed E-state index contributed by atoms with van der Waals surface area (Å²) in [6, 6.07) is 20.7. The Morgan fingerprint density at radius 2 is 1.65 bits per heavy atom. The van der Waals surface area contributed by atoms with Gasteiger partial charge < -0.3 is 20.5 Å². The molecule has 1 aliphatic rings. The van der Waals surface area contributed by atoms with Crippen molar-refractivity contribution in [3.8, 4) is 0 Å². The Morgan fingerprint density at radius 1 is 0.950 bits per heavy atom. The lowest BCUT2D eigenvalue weighted by Crippen LogP contribution is -2.66. The third kappa shape index (κ3) is 6.05. The molecule has 2 atom stereocenters. The second kappa shape index (κ2) is 12.0. The molecule has 3 N–H and O–H groups in total. The highest BCUT2D eigenvalue weighted by Crippen LogP contribution is 2.31. The lowest BCUT2D eigenvalue weighted by molar-refractivity contribution is -0.137.